The zero-order valence-corrected chi connectivity index (χ0v) is 17.7. The van der Waals surface area contributed by atoms with Gasteiger partial charge in [0.2, 0.25) is 0 Å². The number of hydrogen-bond donors (Lipinski definition) is 0. The average Bonchev–Trinajstić information content (AvgIpc) is 2.80. The van der Waals surface area contributed by atoms with Crippen molar-refractivity contribution < 1.29 is 4.79 Å². The zero-order chi connectivity index (χ0) is 20.1. The summed E-state index contributed by atoms with van der Waals surface area (Å²) in [7, 11) is 0. The standard InChI is InChI=1S/C26H34N2O/c1-21(28-18-9-6-15-25(28)20-27-16-7-3-8-17-27)23-13-10-14-24(19-23)26(29)22-11-4-2-5-12-22/h2,4-5,10-14,19,21,25H,3,6-9,15-18,20H2,1H3. The van der Waals surface area contributed by atoms with Crippen LogP contribution in [0.1, 0.15) is 73.0 Å². The lowest BCUT2D eigenvalue weighted by Gasteiger charge is -2.43. The summed E-state index contributed by atoms with van der Waals surface area (Å²) < 4.78 is 0. The van der Waals surface area contributed by atoms with Gasteiger partial charge in [0.05, 0.1) is 0 Å². The van der Waals surface area contributed by atoms with Crippen LogP contribution in [0.25, 0.3) is 0 Å². The summed E-state index contributed by atoms with van der Waals surface area (Å²) >= 11 is 0. The van der Waals surface area contributed by atoms with E-state index in [1.165, 1.54) is 63.7 Å². The second-order valence-corrected chi connectivity index (χ2v) is 8.75. The highest BCUT2D eigenvalue weighted by atomic mass is 16.1. The predicted octanol–water partition coefficient (Wildman–Crippen LogP) is 5.32. The van der Waals surface area contributed by atoms with Gasteiger partial charge in [-0.25, -0.2) is 0 Å². The topological polar surface area (TPSA) is 23.6 Å². The molecule has 0 saturated carbocycles. The number of benzene rings is 2. The molecule has 2 aliphatic heterocycles. The first-order valence-electron chi connectivity index (χ1n) is 11.4. The fourth-order valence-electron chi connectivity index (χ4n) is 5.06. The minimum Gasteiger partial charge on any atom is -0.302 e. The van der Waals surface area contributed by atoms with E-state index in [1.54, 1.807) is 0 Å². The molecule has 3 nitrogen and oxygen atoms in total. The number of ketones is 1. The quantitative estimate of drug-likeness (QED) is 0.624. The number of nitrogens with zero attached hydrogens (tertiary/aromatic N) is 2. The summed E-state index contributed by atoms with van der Waals surface area (Å²) in [6.07, 6.45) is 8.02. The number of likely N-dealkylation sites (tertiary alicyclic amines) is 2. The van der Waals surface area contributed by atoms with Crippen molar-refractivity contribution >= 4 is 5.78 Å². The van der Waals surface area contributed by atoms with Crippen LogP contribution in [0.5, 0.6) is 0 Å². The lowest BCUT2D eigenvalue weighted by molar-refractivity contribution is 0.0654. The van der Waals surface area contributed by atoms with E-state index < -0.39 is 0 Å². The minimum absolute atomic E-state index is 0.114. The van der Waals surface area contributed by atoms with Crippen LogP contribution in [0.2, 0.25) is 0 Å². The van der Waals surface area contributed by atoms with E-state index in [9.17, 15) is 4.79 Å². The first kappa shape index (κ1) is 20.3. The third-order valence-corrected chi connectivity index (χ3v) is 6.75. The van der Waals surface area contributed by atoms with Crippen molar-refractivity contribution in [1.82, 2.24) is 9.80 Å². The summed E-state index contributed by atoms with van der Waals surface area (Å²) in [4.78, 5) is 18.3. The molecule has 0 N–H and O–H groups in total. The fourth-order valence-corrected chi connectivity index (χ4v) is 5.06. The van der Waals surface area contributed by atoms with E-state index in [-0.39, 0.29) is 5.78 Å². The Bertz CT molecular complexity index is 797. The maximum atomic E-state index is 12.9. The van der Waals surface area contributed by atoms with Gasteiger partial charge >= 0.3 is 0 Å². The van der Waals surface area contributed by atoms with Crippen LogP contribution >= 0.6 is 0 Å². The summed E-state index contributed by atoms with van der Waals surface area (Å²) in [6, 6.07) is 18.9. The molecule has 154 valence electrons. The van der Waals surface area contributed by atoms with Crippen molar-refractivity contribution in [1.29, 1.82) is 0 Å². The maximum absolute atomic E-state index is 12.9. The van der Waals surface area contributed by atoms with Gasteiger partial charge in [0.15, 0.2) is 5.78 Å². The molecule has 0 aliphatic carbocycles. The number of carbonyl (C=O) groups is 1. The van der Waals surface area contributed by atoms with E-state index in [0.29, 0.717) is 12.1 Å². The molecule has 2 aromatic carbocycles. The second-order valence-electron chi connectivity index (χ2n) is 8.75. The summed E-state index contributed by atoms with van der Waals surface area (Å²) in [5.41, 5.74) is 2.82. The Labute approximate surface area is 175 Å². The van der Waals surface area contributed by atoms with Crippen molar-refractivity contribution in [3.63, 3.8) is 0 Å². The van der Waals surface area contributed by atoms with Crippen LogP contribution < -0.4 is 0 Å². The number of piperidine rings is 2. The molecular weight excluding hydrogens is 356 g/mol. The lowest BCUT2D eigenvalue weighted by atomic mass is 9.94. The monoisotopic (exact) mass is 390 g/mol. The highest BCUT2D eigenvalue weighted by molar-refractivity contribution is 6.09. The van der Waals surface area contributed by atoms with Crippen molar-refractivity contribution in [2.45, 2.75) is 57.5 Å². The second kappa shape index (κ2) is 9.69. The van der Waals surface area contributed by atoms with Gasteiger partial charge in [0.25, 0.3) is 0 Å². The molecule has 2 fully saturated rings. The minimum atomic E-state index is 0.114. The third-order valence-electron chi connectivity index (χ3n) is 6.75. The zero-order valence-electron chi connectivity index (χ0n) is 17.7. The highest BCUT2D eigenvalue weighted by Gasteiger charge is 2.29. The van der Waals surface area contributed by atoms with Gasteiger partial charge in [-0.05, 0) is 63.9 Å². The number of hydrogen-bond acceptors (Lipinski definition) is 3. The maximum Gasteiger partial charge on any atom is 0.193 e. The highest BCUT2D eigenvalue weighted by Crippen LogP contribution is 2.30. The molecule has 0 amide bonds. The van der Waals surface area contributed by atoms with Gasteiger partial charge in [-0.1, -0.05) is 61.4 Å². The van der Waals surface area contributed by atoms with Crippen LogP contribution in [-0.4, -0.2) is 47.8 Å². The van der Waals surface area contributed by atoms with Crippen molar-refractivity contribution in [2.24, 2.45) is 0 Å². The van der Waals surface area contributed by atoms with Gasteiger partial charge in [0, 0.05) is 29.8 Å². The van der Waals surface area contributed by atoms with Gasteiger partial charge in [0.1, 0.15) is 0 Å². The summed E-state index contributed by atoms with van der Waals surface area (Å²) in [5.74, 6) is 0.114. The van der Waals surface area contributed by atoms with Crippen LogP contribution in [0, 0.1) is 0 Å². The Hall–Kier alpha value is -1.97. The molecule has 2 saturated heterocycles. The molecule has 0 bridgehead atoms. The summed E-state index contributed by atoms with van der Waals surface area (Å²) in [6.45, 7) is 7.21. The fraction of sp³-hybridized carbons (Fsp3) is 0.500. The molecule has 0 radical (unpaired) electrons. The Balaban J connectivity index is 1.50. The van der Waals surface area contributed by atoms with E-state index in [2.05, 4.69) is 28.9 Å². The van der Waals surface area contributed by atoms with Crippen molar-refractivity contribution in [3.8, 4) is 0 Å². The van der Waals surface area contributed by atoms with Gasteiger partial charge in [-0.15, -0.1) is 0 Å². The van der Waals surface area contributed by atoms with Crippen LogP contribution in [0.3, 0.4) is 0 Å². The van der Waals surface area contributed by atoms with Crippen molar-refractivity contribution in [3.05, 3.63) is 71.3 Å². The van der Waals surface area contributed by atoms with Crippen LogP contribution in [-0.2, 0) is 0 Å². The van der Waals surface area contributed by atoms with Crippen molar-refractivity contribution in [2.75, 3.05) is 26.2 Å². The normalized spacial score (nSPS) is 22.3. The van der Waals surface area contributed by atoms with E-state index >= 15 is 0 Å². The molecule has 2 unspecified atom stereocenters. The summed E-state index contributed by atoms with van der Waals surface area (Å²) in [5, 5.41) is 0. The number of rotatable bonds is 6. The van der Waals surface area contributed by atoms with Gasteiger partial charge in [-0.2, -0.15) is 0 Å². The van der Waals surface area contributed by atoms with Gasteiger partial charge in [-0.3, -0.25) is 9.69 Å². The van der Waals surface area contributed by atoms with E-state index in [1.807, 2.05) is 42.5 Å². The molecule has 3 heteroatoms. The molecule has 2 heterocycles. The third kappa shape index (κ3) is 4.96. The number of carbonyl (C=O) groups excluding carboxylic acids is 1. The Morgan fingerprint density at radius 2 is 1.62 bits per heavy atom. The molecular formula is C26H34N2O. The Morgan fingerprint density at radius 1 is 0.897 bits per heavy atom. The first-order chi connectivity index (χ1) is 14.2. The molecule has 4 rings (SSSR count). The molecule has 0 spiro atoms. The molecule has 2 atom stereocenters. The SMILES string of the molecule is CC(c1cccc(C(=O)c2ccccc2)c1)N1CCCCC1CN1CCCCC1. The molecule has 29 heavy (non-hydrogen) atoms. The molecule has 2 aliphatic rings. The average molecular weight is 391 g/mol. The van der Waals surface area contributed by atoms with E-state index in [0.717, 1.165) is 17.7 Å². The smallest absolute Gasteiger partial charge is 0.193 e. The van der Waals surface area contributed by atoms with Crippen LogP contribution in [0.4, 0.5) is 0 Å². The Morgan fingerprint density at radius 3 is 2.41 bits per heavy atom. The molecule has 0 aromatic heterocycles. The van der Waals surface area contributed by atoms with E-state index in [4.69, 9.17) is 0 Å². The van der Waals surface area contributed by atoms with Gasteiger partial charge < -0.3 is 4.90 Å². The first-order valence-corrected chi connectivity index (χ1v) is 11.4. The Kier molecular flexibility index (Phi) is 6.78. The van der Waals surface area contributed by atoms with Crippen LogP contribution in [0.15, 0.2) is 54.6 Å². The molecule has 2 aromatic rings. The predicted molar refractivity (Wildman–Crippen MR) is 119 cm³/mol. The largest absolute Gasteiger partial charge is 0.302 e. The lowest BCUT2D eigenvalue weighted by Crippen LogP contribution is -2.48.